The van der Waals surface area contributed by atoms with Crippen LogP contribution in [0.4, 0.5) is 0 Å². The number of hydrogen-bond donors (Lipinski definition) is 1. The smallest absolute Gasteiger partial charge is 0.398 e. The lowest BCUT2D eigenvalue weighted by molar-refractivity contribution is -0.711. The maximum atomic E-state index is 7.11. The van der Waals surface area contributed by atoms with Gasteiger partial charge in [0.15, 0.2) is 17.3 Å². The summed E-state index contributed by atoms with van der Waals surface area (Å²) in [4.78, 5) is 11.3. The molecule has 2 N–H and O–H groups in total. The molecule has 0 amide bonds. The molecule has 0 bridgehead atoms. The first-order chi connectivity index (χ1) is 25.2. The third-order valence-corrected chi connectivity index (χ3v) is 18.1. The molecule has 1 aromatic heterocycles. The molecule has 0 radical (unpaired) electrons. The molecule has 7 aromatic rings. The number of para-hydroxylation sites is 2. The van der Waals surface area contributed by atoms with E-state index in [4.69, 9.17) is 20.5 Å². The molecule has 7 heteroatoms. The van der Waals surface area contributed by atoms with Crippen LogP contribution in [0.15, 0.2) is 204 Å². The topological polar surface area (TPSA) is 63.8 Å². The van der Waals surface area contributed by atoms with Gasteiger partial charge in [-0.25, -0.2) is 4.99 Å². The Hall–Kier alpha value is -5.73. The number of aliphatic imine (C=N–C) groups is 2. The lowest BCUT2D eigenvalue weighted by atomic mass is 10.2. The van der Waals surface area contributed by atoms with Crippen molar-refractivity contribution < 1.29 is 9.30 Å². The van der Waals surface area contributed by atoms with Crippen molar-refractivity contribution in [3.63, 3.8) is 0 Å². The molecule has 51 heavy (non-hydrogen) atoms. The third-order valence-electron chi connectivity index (χ3n) is 9.57. The zero-order chi connectivity index (χ0) is 34.3. The monoisotopic (exact) mass is 696 g/mol. The van der Waals surface area contributed by atoms with Crippen molar-refractivity contribution in [3.8, 4) is 11.5 Å². The number of amidine groups is 2. The summed E-state index contributed by atoms with van der Waals surface area (Å²) >= 11 is 0. The number of nitrogens with two attached hydrogens (primary N) is 1. The molecular formula is C44H34N4OP2+2. The van der Waals surface area contributed by atoms with Gasteiger partial charge in [0.25, 0.3) is 5.69 Å². The summed E-state index contributed by atoms with van der Waals surface area (Å²) in [6.45, 7) is 0. The van der Waals surface area contributed by atoms with Crippen molar-refractivity contribution in [2.45, 2.75) is 5.15 Å². The van der Waals surface area contributed by atoms with Gasteiger partial charge in [0.1, 0.15) is 30.1 Å². The summed E-state index contributed by atoms with van der Waals surface area (Å²) in [5.74, 6) is 2.67. The van der Waals surface area contributed by atoms with Crippen LogP contribution in [-0.2, 0) is 5.15 Å². The highest BCUT2D eigenvalue weighted by atomic mass is 31.2. The van der Waals surface area contributed by atoms with Crippen LogP contribution in [0.1, 0.15) is 11.3 Å². The number of nitrogens with zero attached hydrogens (tertiary/aromatic N) is 3. The van der Waals surface area contributed by atoms with E-state index >= 15 is 0 Å². The van der Waals surface area contributed by atoms with E-state index in [-0.39, 0.29) is 0 Å². The average Bonchev–Trinajstić information content (AvgIpc) is 3.52. The predicted octanol–water partition coefficient (Wildman–Crippen LogP) is 6.94. The molecule has 0 fully saturated rings. The third kappa shape index (κ3) is 4.88. The Bertz CT molecular complexity index is 2380. The summed E-state index contributed by atoms with van der Waals surface area (Å²) in [7, 11) is -4.30. The lowest BCUT2D eigenvalue weighted by Crippen LogP contribution is -2.62. The molecule has 3 heterocycles. The van der Waals surface area contributed by atoms with Gasteiger partial charge in [-0.2, -0.15) is 0 Å². The number of rotatable bonds is 4. The van der Waals surface area contributed by atoms with E-state index in [0.717, 1.165) is 33.4 Å². The summed E-state index contributed by atoms with van der Waals surface area (Å²) < 4.78 is 9.54. The number of fused-ring (bicyclic) bond motifs is 4. The molecule has 2 unspecified atom stereocenters. The zero-order valence-corrected chi connectivity index (χ0v) is 29.5. The van der Waals surface area contributed by atoms with Gasteiger partial charge >= 0.3 is 5.15 Å². The number of aromatic nitrogens is 1. The van der Waals surface area contributed by atoms with Gasteiger partial charge in [0, 0.05) is 23.0 Å². The first kappa shape index (κ1) is 31.3. The quantitative estimate of drug-likeness (QED) is 0.0939. The van der Waals surface area contributed by atoms with Gasteiger partial charge in [0.05, 0.1) is 0 Å². The Balaban J connectivity index is 1.54. The summed E-state index contributed by atoms with van der Waals surface area (Å²) in [6.07, 6.45) is 2.20. The molecule has 2 atom stereocenters. The van der Waals surface area contributed by atoms with Gasteiger partial charge in [-0.1, -0.05) is 121 Å². The van der Waals surface area contributed by atoms with E-state index in [1.807, 2.05) is 30.3 Å². The Morgan fingerprint density at radius 2 is 1.16 bits per heavy atom. The highest BCUT2D eigenvalue weighted by Gasteiger charge is 2.79. The fourth-order valence-electron chi connectivity index (χ4n) is 7.51. The van der Waals surface area contributed by atoms with E-state index in [1.54, 1.807) is 0 Å². The number of benzene rings is 6. The van der Waals surface area contributed by atoms with E-state index in [1.165, 1.54) is 15.9 Å². The first-order valence-corrected chi connectivity index (χ1v) is 20.1. The molecule has 244 valence electrons. The van der Waals surface area contributed by atoms with Crippen LogP contribution < -0.4 is 41.6 Å². The normalized spacial score (nSPS) is 18.7. The fraction of sp³-hybridized carbons (Fsp3) is 0.0227. The molecule has 0 saturated carbocycles. The highest BCUT2D eigenvalue weighted by molar-refractivity contribution is 8.04. The minimum atomic E-state index is -2.93. The molecule has 9 rings (SSSR count). The van der Waals surface area contributed by atoms with Crippen LogP contribution in [-0.4, -0.2) is 11.7 Å². The lowest BCUT2D eigenvalue weighted by Gasteiger charge is -2.42. The largest absolute Gasteiger partial charge is 0.452 e. The molecule has 2 aliphatic rings. The minimum absolute atomic E-state index is 0.421. The number of pyridine rings is 1. The van der Waals surface area contributed by atoms with Gasteiger partial charge in [-0.05, 0) is 59.9 Å². The molecule has 2 aliphatic heterocycles. The maximum absolute atomic E-state index is 7.11. The van der Waals surface area contributed by atoms with Crippen molar-refractivity contribution >= 4 is 53.4 Å². The summed E-state index contributed by atoms with van der Waals surface area (Å²) in [6, 6.07) is 66.1. The number of ether oxygens (including phenoxy) is 1. The Labute approximate surface area is 299 Å². The van der Waals surface area contributed by atoms with E-state index in [9.17, 15) is 0 Å². The highest BCUT2D eigenvalue weighted by Crippen LogP contribution is 2.80. The van der Waals surface area contributed by atoms with Crippen LogP contribution >= 0.6 is 15.2 Å². The molecular weight excluding hydrogens is 662 g/mol. The minimum Gasteiger partial charge on any atom is -0.452 e. The van der Waals surface area contributed by atoms with E-state index in [0.29, 0.717) is 11.7 Å². The SMILES string of the molecule is NC(=NC1=NC2([n+]3ccccc31)P(c1ccccc1)c1ccccc1Oc1ccccc1[P+]2(c1ccccc1)c1ccccc1)c1ccccc1. The van der Waals surface area contributed by atoms with Crippen molar-refractivity contribution in [1.29, 1.82) is 0 Å². The predicted molar refractivity (Wildman–Crippen MR) is 213 cm³/mol. The Morgan fingerprint density at radius 1 is 0.608 bits per heavy atom. The summed E-state index contributed by atoms with van der Waals surface area (Å²) in [5, 5.41) is 4.86. The molecule has 6 aromatic carbocycles. The standard InChI is InChI=1S/C44H34N4OP2/c45-42(33-19-5-1-6-20-33)46-43-37-27-17-18-32-48(37)44(47-43)50(34-21-7-2-8-22-34)40-30-15-13-28-38(40)49-39-29-14-16-31-41(39)51(44,35-23-9-3-10-24-35)36-25-11-4-12-26-36/h1-32H,(H2,45,46,47)/q+2. The van der Waals surface area contributed by atoms with Crippen LogP contribution in [0.5, 0.6) is 11.5 Å². The first-order valence-electron chi connectivity index (χ1n) is 16.9. The van der Waals surface area contributed by atoms with Crippen LogP contribution in [0.3, 0.4) is 0 Å². The average molecular weight is 697 g/mol. The van der Waals surface area contributed by atoms with Crippen molar-refractivity contribution in [3.05, 3.63) is 206 Å². The molecule has 5 nitrogen and oxygen atoms in total. The maximum Gasteiger partial charge on any atom is 0.398 e. The molecule has 0 saturated heterocycles. The number of hydrogen-bond acceptors (Lipinski definition) is 3. The van der Waals surface area contributed by atoms with Crippen molar-refractivity contribution in [2.75, 3.05) is 0 Å². The van der Waals surface area contributed by atoms with E-state index < -0.39 is 20.3 Å². The van der Waals surface area contributed by atoms with E-state index in [2.05, 4.69) is 168 Å². The van der Waals surface area contributed by atoms with Gasteiger partial charge < -0.3 is 10.5 Å². The second-order valence-corrected chi connectivity index (χ2v) is 18.5. The van der Waals surface area contributed by atoms with Crippen molar-refractivity contribution in [1.82, 2.24) is 0 Å². The summed E-state index contributed by atoms with van der Waals surface area (Å²) in [5.41, 5.74) is 8.61. The Morgan fingerprint density at radius 3 is 1.84 bits per heavy atom. The fourth-order valence-corrected chi connectivity index (χ4v) is 17.6. The van der Waals surface area contributed by atoms with Gasteiger partial charge in [0.2, 0.25) is 13.1 Å². The zero-order valence-electron chi connectivity index (χ0n) is 27.7. The second-order valence-electron chi connectivity index (χ2n) is 12.4. The van der Waals surface area contributed by atoms with Gasteiger partial charge in [-0.15, -0.1) is 9.56 Å². The molecule has 0 aliphatic carbocycles. The van der Waals surface area contributed by atoms with Crippen LogP contribution in [0.2, 0.25) is 0 Å². The van der Waals surface area contributed by atoms with Crippen LogP contribution in [0, 0.1) is 0 Å². The Kier molecular flexibility index (Phi) is 7.89. The van der Waals surface area contributed by atoms with Gasteiger partial charge in [-0.3, -0.25) is 0 Å². The second kappa shape index (κ2) is 12.9. The van der Waals surface area contributed by atoms with Crippen molar-refractivity contribution in [2.24, 2.45) is 15.7 Å². The van der Waals surface area contributed by atoms with Crippen LogP contribution in [0.25, 0.3) is 0 Å². The molecule has 1 spiro atoms.